The molecule has 114 valence electrons. The van der Waals surface area contributed by atoms with Crippen molar-refractivity contribution in [3.63, 3.8) is 0 Å². The van der Waals surface area contributed by atoms with Crippen LogP contribution in [-0.2, 0) is 0 Å². The number of pyridine rings is 1. The summed E-state index contributed by atoms with van der Waals surface area (Å²) in [7, 11) is 0. The number of ether oxygens (including phenoxy) is 1. The van der Waals surface area contributed by atoms with Crippen molar-refractivity contribution in [3.05, 3.63) is 12.1 Å². The molecule has 20 heavy (non-hydrogen) atoms. The van der Waals surface area contributed by atoms with Gasteiger partial charge in [-0.05, 0) is 38.8 Å². The summed E-state index contributed by atoms with van der Waals surface area (Å²) in [6.07, 6.45) is 1.86. The second-order valence-electron chi connectivity index (χ2n) is 5.48. The van der Waals surface area contributed by atoms with Gasteiger partial charge < -0.3 is 20.9 Å². The molecule has 0 aliphatic carbocycles. The van der Waals surface area contributed by atoms with Crippen molar-refractivity contribution in [3.8, 4) is 5.88 Å². The van der Waals surface area contributed by atoms with Crippen molar-refractivity contribution in [1.29, 1.82) is 0 Å². The number of aliphatic hydroxyl groups excluding tert-OH is 1. The van der Waals surface area contributed by atoms with Crippen LogP contribution in [0.15, 0.2) is 12.1 Å². The standard InChI is InChI=1S/C15H27N3O2/c1-5-15(6-2,10-19)9-17-13-8-7-12(16)14(18-13)20-11(3)4/h7-8,11,19H,5-6,9-10,16H2,1-4H3,(H,17,18). The van der Waals surface area contributed by atoms with Crippen LogP contribution in [0.1, 0.15) is 40.5 Å². The molecule has 0 atom stereocenters. The summed E-state index contributed by atoms with van der Waals surface area (Å²) >= 11 is 0. The van der Waals surface area contributed by atoms with Gasteiger partial charge in [0.25, 0.3) is 0 Å². The first-order valence-corrected chi connectivity index (χ1v) is 7.24. The molecule has 0 amide bonds. The lowest BCUT2D eigenvalue weighted by Crippen LogP contribution is -2.32. The number of aromatic nitrogens is 1. The van der Waals surface area contributed by atoms with E-state index in [0.717, 1.165) is 18.7 Å². The van der Waals surface area contributed by atoms with Crippen molar-refractivity contribution >= 4 is 11.5 Å². The molecule has 4 N–H and O–H groups in total. The highest BCUT2D eigenvalue weighted by Crippen LogP contribution is 2.27. The van der Waals surface area contributed by atoms with Gasteiger partial charge in [0.15, 0.2) is 0 Å². The number of rotatable bonds is 8. The molecular weight excluding hydrogens is 254 g/mol. The van der Waals surface area contributed by atoms with Gasteiger partial charge in [-0.15, -0.1) is 0 Å². The topological polar surface area (TPSA) is 80.4 Å². The van der Waals surface area contributed by atoms with E-state index in [4.69, 9.17) is 10.5 Å². The molecular formula is C15H27N3O2. The van der Waals surface area contributed by atoms with Gasteiger partial charge in [0.05, 0.1) is 18.4 Å². The maximum absolute atomic E-state index is 9.57. The summed E-state index contributed by atoms with van der Waals surface area (Å²) < 4.78 is 5.57. The predicted molar refractivity (Wildman–Crippen MR) is 83.0 cm³/mol. The average Bonchev–Trinajstić information content (AvgIpc) is 2.44. The molecule has 1 heterocycles. The number of nitrogens with two attached hydrogens (primary N) is 1. The van der Waals surface area contributed by atoms with Crippen LogP contribution < -0.4 is 15.8 Å². The molecule has 0 spiro atoms. The molecule has 0 fully saturated rings. The Morgan fingerprint density at radius 2 is 2.00 bits per heavy atom. The van der Waals surface area contributed by atoms with Gasteiger partial charge in [-0.1, -0.05) is 13.8 Å². The van der Waals surface area contributed by atoms with E-state index in [1.165, 1.54) is 0 Å². The summed E-state index contributed by atoms with van der Waals surface area (Å²) in [6.45, 7) is 8.89. The number of hydrogen-bond acceptors (Lipinski definition) is 5. The molecule has 1 aromatic heterocycles. The Morgan fingerprint density at radius 1 is 1.35 bits per heavy atom. The molecule has 0 aliphatic heterocycles. The van der Waals surface area contributed by atoms with Gasteiger partial charge in [-0.3, -0.25) is 0 Å². The number of nitrogens with one attached hydrogen (secondary N) is 1. The van der Waals surface area contributed by atoms with Crippen molar-refractivity contribution in [2.45, 2.75) is 46.6 Å². The van der Waals surface area contributed by atoms with Crippen LogP contribution in [-0.4, -0.2) is 29.3 Å². The Kier molecular flexibility index (Phi) is 6.07. The summed E-state index contributed by atoms with van der Waals surface area (Å²) in [5.41, 5.74) is 6.27. The summed E-state index contributed by atoms with van der Waals surface area (Å²) in [4.78, 5) is 4.38. The number of anilines is 2. The van der Waals surface area contributed by atoms with E-state index >= 15 is 0 Å². The lowest BCUT2D eigenvalue weighted by atomic mass is 9.83. The fourth-order valence-electron chi connectivity index (χ4n) is 1.92. The maximum atomic E-state index is 9.57. The van der Waals surface area contributed by atoms with Crippen LogP contribution in [0.25, 0.3) is 0 Å². The van der Waals surface area contributed by atoms with E-state index in [2.05, 4.69) is 24.1 Å². The van der Waals surface area contributed by atoms with Crippen molar-refractivity contribution in [2.75, 3.05) is 24.2 Å². The minimum atomic E-state index is -0.109. The van der Waals surface area contributed by atoms with Crippen LogP contribution in [0.2, 0.25) is 0 Å². The Balaban J connectivity index is 2.78. The largest absolute Gasteiger partial charge is 0.473 e. The van der Waals surface area contributed by atoms with E-state index in [0.29, 0.717) is 18.1 Å². The van der Waals surface area contributed by atoms with E-state index in [1.54, 1.807) is 6.07 Å². The summed E-state index contributed by atoms with van der Waals surface area (Å²) in [5, 5.41) is 12.8. The minimum Gasteiger partial charge on any atom is -0.473 e. The average molecular weight is 281 g/mol. The van der Waals surface area contributed by atoms with Crippen LogP contribution in [0.5, 0.6) is 5.88 Å². The normalized spacial score (nSPS) is 11.7. The third-order valence-electron chi connectivity index (χ3n) is 3.72. The lowest BCUT2D eigenvalue weighted by molar-refractivity contribution is 0.127. The number of nitrogens with zero attached hydrogens (tertiary/aromatic N) is 1. The Morgan fingerprint density at radius 3 is 2.50 bits per heavy atom. The zero-order valence-electron chi connectivity index (χ0n) is 12.9. The van der Waals surface area contributed by atoms with E-state index in [-0.39, 0.29) is 18.1 Å². The first-order valence-electron chi connectivity index (χ1n) is 7.24. The first kappa shape index (κ1) is 16.6. The smallest absolute Gasteiger partial charge is 0.239 e. The minimum absolute atomic E-state index is 0.0304. The first-order chi connectivity index (χ1) is 9.46. The second kappa shape index (κ2) is 7.33. The zero-order valence-corrected chi connectivity index (χ0v) is 12.9. The van der Waals surface area contributed by atoms with Gasteiger partial charge in [0.2, 0.25) is 5.88 Å². The third-order valence-corrected chi connectivity index (χ3v) is 3.72. The SMILES string of the molecule is CCC(CC)(CO)CNc1ccc(N)c(OC(C)C)n1. The van der Waals surface area contributed by atoms with Crippen molar-refractivity contribution < 1.29 is 9.84 Å². The molecule has 0 radical (unpaired) electrons. The van der Waals surface area contributed by atoms with Crippen molar-refractivity contribution in [2.24, 2.45) is 5.41 Å². The monoisotopic (exact) mass is 281 g/mol. The molecule has 0 aliphatic rings. The quantitative estimate of drug-likeness (QED) is 0.682. The van der Waals surface area contributed by atoms with E-state index < -0.39 is 0 Å². The number of hydrogen-bond donors (Lipinski definition) is 3. The van der Waals surface area contributed by atoms with Gasteiger partial charge in [-0.25, -0.2) is 0 Å². The highest BCUT2D eigenvalue weighted by Gasteiger charge is 2.25. The predicted octanol–water partition coefficient (Wildman–Crippen LogP) is 2.66. The molecule has 0 unspecified atom stereocenters. The lowest BCUT2D eigenvalue weighted by Gasteiger charge is -2.29. The molecule has 0 saturated heterocycles. The number of aliphatic hydroxyl groups is 1. The highest BCUT2D eigenvalue weighted by atomic mass is 16.5. The highest BCUT2D eigenvalue weighted by molar-refractivity contribution is 5.53. The van der Waals surface area contributed by atoms with Crippen LogP contribution in [0.4, 0.5) is 11.5 Å². The summed E-state index contributed by atoms with van der Waals surface area (Å²) in [5.74, 6) is 1.17. The summed E-state index contributed by atoms with van der Waals surface area (Å²) in [6, 6.07) is 3.61. The molecule has 0 aromatic carbocycles. The van der Waals surface area contributed by atoms with Gasteiger partial charge in [0.1, 0.15) is 5.82 Å². The third kappa shape index (κ3) is 4.27. The molecule has 1 aromatic rings. The molecule has 0 bridgehead atoms. The maximum Gasteiger partial charge on any atom is 0.239 e. The zero-order chi connectivity index (χ0) is 15.2. The van der Waals surface area contributed by atoms with Crippen molar-refractivity contribution in [1.82, 2.24) is 4.98 Å². The molecule has 1 rings (SSSR count). The van der Waals surface area contributed by atoms with E-state index in [1.807, 2.05) is 19.9 Å². The molecule has 5 nitrogen and oxygen atoms in total. The van der Waals surface area contributed by atoms with Crippen LogP contribution >= 0.6 is 0 Å². The fraction of sp³-hybridized carbons (Fsp3) is 0.667. The Bertz CT molecular complexity index is 409. The van der Waals surface area contributed by atoms with Crippen LogP contribution in [0, 0.1) is 5.41 Å². The van der Waals surface area contributed by atoms with Gasteiger partial charge in [-0.2, -0.15) is 4.98 Å². The van der Waals surface area contributed by atoms with E-state index in [9.17, 15) is 5.11 Å². The molecule has 5 heteroatoms. The van der Waals surface area contributed by atoms with Gasteiger partial charge >= 0.3 is 0 Å². The Labute approximate surface area is 121 Å². The Hall–Kier alpha value is -1.49. The van der Waals surface area contributed by atoms with Gasteiger partial charge in [0, 0.05) is 12.0 Å². The second-order valence-corrected chi connectivity index (χ2v) is 5.48. The number of nitrogen functional groups attached to an aromatic ring is 1. The fourth-order valence-corrected chi connectivity index (χ4v) is 1.92. The molecule has 0 saturated carbocycles. The van der Waals surface area contributed by atoms with Crippen LogP contribution in [0.3, 0.4) is 0 Å².